The topological polar surface area (TPSA) is 132 Å². The molecule has 0 aliphatic rings. The standard InChI is InChI=1S/C14H22N6O/c1-3-4-5-12(21)19-11-7-6-10(8-9(11)2)18-14(17)20-13(15)16/h6-8H,3-5H2,1-2H3,(H,19,21)(H6,15,16,17,18,20). The van der Waals surface area contributed by atoms with Crippen molar-refractivity contribution in [1.29, 1.82) is 0 Å². The molecule has 1 aromatic carbocycles. The smallest absolute Gasteiger partial charge is 0.224 e. The van der Waals surface area contributed by atoms with Crippen molar-refractivity contribution < 1.29 is 4.79 Å². The van der Waals surface area contributed by atoms with Crippen LogP contribution in [0.2, 0.25) is 0 Å². The fourth-order valence-corrected chi connectivity index (χ4v) is 1.70. The summed E-state index contributed by atoms with van der Waals surface area (Å²) in [6, 6.07) is 5.31. The number of aryl methyl sites for hydroxylation is 1. The fourth-order valence-electron chi connectivity index (χ4n) is 1.70. The van der Waals surface area contributed by atoms with Gasteiger partial charge in [-0.1, -0.05) is 13.3 Å². The molecule has 21 heavy (non-hydrogen) atoms. The number of anilines is 1. The van der Waals surface area contributed by atoms with Gasteiger partial charge in [-0.25, -0.2) is 4.99 Å². The van der Waals surface area contributed by atoms with Crippen LogP contribution in [-0.4, -0.2) is 17.8 Å². The molecule has 7 heteroatoms. The highest BCUT2D eigenvalue weighted by Crippen LogP contribution is 2.22. The number of nitrogens with two attached hydrogens (primary N) is 3. The number of carbonyl (C=O) groups is 1. The molecular formula is C14H22N6O. The second-order valence-electron chi connectivity index (χ2n) is 4.66. The first-order valence-electron chi connectivity index (χ1n) is 6.76. The van der Waals surface area contributed by atoms with Gasteiger partial charge in [0.05, 0.1) is 5.69 Å². The number of amides is 1. The van der Waals surface area contributed by atoms with Gasteiger partial charge < -0.3 is 22.5 Å². The lowest BCUT2D eigenvalue weighted by Crippen LogP contribution is -2.26. The summed E-state index contributed by atoms with van der Waals surface area (Å²) in [5, 5.41) is 2.87. The third-order valence-corrected chi connectivity index (χ3v) is 2.73. The Morgan fingerprint density at radius 3 is 2.57 bits per heavy atom. The zero-order valence-electron chi connectivity index (χ0n) is 12.4. The van der Waals surface area contributed by atoms with Crippen LogP contribution in [0.15, 0.2) is 28.2 Å². The van der Waals surface area contributed by atoms with Crippen LogP contribution >= 0.6 is 0 Å². The van der Waals surface area contributed by atoms with E-state index >= 15 is 0 Å². The predicted octanol–water partition coefficient (Wildman–Crippen LogP) is 1.34. The van der Waals surface area contributed by atoms with E-state index in [1.165, 1.54) is 0 Å². The van der Waals surface area contributed by atoms with Crippen molar-refractivity contribution in [3.05, 3.63) is 23.8 Å². The zero-order chi connectivity index (χ0) is 15.8. The molecule has 0 saturated heterocycles. The molecule has 0 aromatic heterocycles. The van der Waals surface area contributed by atoms with Crippen molar-refractivity contribution in [3.8, 4) is 0 Å². The molecule has 1 amide bonds. The van der Waals surface area contributed by atoms with Gasteiger partial charge in [0.15, 0.2) is 5.96 Å². The van der Waals surface area contributed by atoms with Crippen LogP contribution in [0, 0.1) is 6.92 Å². The minimum Gasteiger partial charge on any atom is -0.370 e. The SMILES string of the molecule is CCCCC(=O)Nc1ccc(N=C(N)N=C(N)N)cc1C. The Morgan fingerprint density at radius 1 is 1.29 bits per heavy atom. The number of carbonyl (C=O) groups excluding carboxylic acids is 1. The Labute approximate surface area is 124 Å². The number of nitrogens with zero attached hydrogens (tertiary/aromatic N) is 2. The van der Waals surface area contributed by atoms with Crippen LogP contribution in [0.3, 0.4) is 0 Å². The molecule has 0 aliphatic heterocycles. The Kier molecular flexibility index (Phi) is 6.19. The van der Waals surface area contributed by atoms with E-state index < -0.39 is 0 Å². The Bertz CT molecular complexity index is 561. The first-order chi connectivity index (χ1) is 9.92. The number of aliphatic imine (C=N–C) groups is 2. The third-order valence-electron chi connectivity index (χ3n) is 2.73. The summed E-state index contributed by atoms with van der Waals surface area (Å²) in [6.45, 7) is 3.93. The van der Waals surface area contributed by atoms with Gasteiger partial charge in [0.1, 0.15) is 0 Å². The van der Waals surface area contributed by atoms with Gasteiger partial charge in [0.2, 0.25) is 11.9 Å². The minimum atomic E-state index is -0.146. The number of rotatable bonds is 5. The number of guanidine groups is 2. The highest BCUT2D eigenvalue weighted by molar-refractivity contribution is 5.94. The predicted molar refractivity (Wildman–Crippen MR) is 86.4 cm³/mol. The molecule has 7 N–H and O–H groups in total. The Balaban J connectivity index is 2.81. The summed E-state index contributed by atoms with van der Waals surface area (Å²) in [7, 11) is 0. The van der Waals surface area contributed by atoms with Crippen LogP contribution in [-0.2, 0) is 4.79 Å². The third kappa shape index (κ3) is 5.94. The maximum Gasteiger partial charge on any atom is 0.224 e. The molecular weight excluding hydrogens is 268 g/mol. The molecule has 0 atom stereocenters. The summed E-state index contributed by atoms with van der Waals surface area (Å²) < 4.78 is 0. The second kappa shape index (κ2) is 7.88. The number of benzene rings is 1. The van der Waals surface area contributed by atoms with Crippen LogP contribution in [0.4, 0.5) is 11.4 Å². The molecule has 0 bridgehead atoms. The number of hydrogen-bond donors (Lipinski definition) is 4. The van der Waals surface area contributed by atoms with Crippen molar-refractivity contribution in [2.75, 3.05) is 5.32 Å². The first-order valence-corrected chi connectivity index (χ1v) is 6.76. The lowest BCUT2D eigenvalue weighted by atomic mass is 10.1. The zero-order valence-corrected chi connectivity index (χ0v) is 12.4. The molecule has 0 spiro atoms. The summed E-state index contributed by atoms with van der Waals surface area (Å²) in [4.78, 5) is 19.4. The quantitative estimate of drug-likeness (QED) is 0.481. The molecule has 114 valence electrons. The van der Waals surface area contributed by atoms with E-state index in [4.69, 9.17) is 17.2 Å². The average molecular weight is 290 g/mol. The van der Waals surface area contributed by atoms with E-state index in [0.29, 0.717) is 12.1 Å². The normalized spacial score (nSPS) is 11.0. The average Bonchev–Trinajstić information content (AvgIpc) is 2.38. The molecule has 0 unspecified atom stereocenters. The summed E-state index contributed by atoms with van der Waals surface area (Å²) in [6.07, 6.45) is 2.39. The van der Waals surface area contributed by atoms with Crippen molar-refractivity contribution in [2.24, 2.45) is 27.2 Å². The van der Waals surface area contributed by atoms with Crippen molar-refractivity contribution in [2.45, 2.75) is 33.1 Å². The van der Waals surface area contributed by atoms with Gasteiger partial charge in [-0.15, -0.1) is 0 Å². The van der Waals surface area contributed by atoms with Crippen LogP contribution in [0.1, 0.15) is 31.7 Å². The monoisotopic (exact) mass is 290 g/mol. The Morgan fingerprint density at radius 2 is 2.00 bits per heavy atom. The highest BCUT2D eigenvalue weighted by Gasteiger charge is 2.05. The summed E-state index contributed by atoms with van der Waals surface area (Å²) >= 11 is 0. The van der Waals surface area contributed by atoms with E-state index in [1.807, 2.05) is 13.8 Å². The van der Waals surface area contributed by atoms with Gasteiger partial charge in [0, 0.05) is 12.1 Å². The van der Waals surface area contributed by atoms with E-state index in [9.17, 15) is 4.79 Å². The van der Waals surface area contributed by atoms with Gasteiger partial charge in [-0.3, -0.25) is 4.79 Å². The number of unbranched alkanes of at least 4 members (excludes halogenated alkanes) is 1. The largest absolute Gasteiger partial charge is 0.370 e. The van der Waals surface area contributed by atoms with Crippen LogP contribution in [0.5, 0.6) is 0 Å². The molecule has 0 saturated carbocycles. The number of nitrogens with one attached hydrogen (secondary N) is 1. The second-order valence-corrected chi connectivity index (χ2v) is 4.66. The maximum absolute atomic E-state index is 11.7. The van der Waals surface area contributed by atoms with Gasteiger partial charge in [0.25, 0.3) is 0 Å². The number of hydrogen-bond acceptors (Lipinski definition) is 2. The lowest BCUT2D eigenvalue weighted by Gasteiger charge is -2.08. The Hall–Kier alpha value is -2.57. The fraction of sp³-hybridized carbons (Fsp3) is 0.357. The molecule has 0 heterocycles. The molecule has 0 radical (unpaired) electrons. The molecule has 1 aromatic rings. The van der Waals surface area contributed by atoms with Crippen molar-refractivity contribution >= 4 is 29.2 Å². The van der Waals surface area contributed by atoms with E-state index in [0.717, 1.165) is 24.1 Å². The summed E-state index contributed by atoms with van der Waals surface area (Å²) in [5.74, 6) is -0.155. The van der Waals surface area contributed by atoms with Crippen LogP contribution in [0.25, 0.3) is 0 Å². The first kappa shape index (κ1) is 16.5. The molecule has 1 rings (SSSR count). The van der Waals surface area contributed by atoms with E-state index in [-0.39, 0.29) is 17.8 Å². The van der Waals surface area contributed by atoms with Crippen molar-refractivity contribution in [1.82, 2.24) is 0 Å². The van der Waals surface area contributed by atoms with Crippen LogP contribution < -0.4 is 22.5 Å². The molecule has 7 nitrogen and oxygen atoms in total. The van der Waals surface area contributed by atoms with E-state index in [1.54, 1.807) is 18.2 Å². The van der Waals surface area contributed by atoms with Crippen molar-refractivity contribution in [3.63, 3.8) is 0 Å². The van der Waals surface area contributed by atoms with Gasteiger partial charge >= 0.3 is 0 Å². The van der Waals surface area contributed by atoms with E-state index in [2.05, 4.69) is 15.3 Å². The highest BCUT2D eigenvalue weighted by atomic mass is 16.1. The minimum absolute atomic E-state index is 0.0104. The van der Waals surface area contributed by atoms with Gasteiger partial charge in [-0.2, -0.15) is 4.99 Å². The molecule has 0 fully saturated rings. The van der Waals surface area contributed by atoms with Gasteiger partial charge in [-0.05, 0) is 37.1 Å². The lowest BCUT2D eigenvalue weighted by molar-refractivity contribution is -0.116. The summed E-state index contributed by atoms with van der Waals surface area (Å²) in [5.41, 5.74) is 18.3. The maximum atomic E-state index is 11.7. The molecule has 0 aliphatic carbocycles.